The lowest BCUT2D eigenvalue weighted by atomic mass is 10.2. The molecule has 0 atom stereocenters. The van der Waals surface area contributed by atoms with Gasteiger partial charge in [-0.1, -0.05) is 0 Å². The normalized spacial score (nSPS) is 11.4. The van der Waals surface area contributed by atoms with Gasteiger partial charge in [0.05, 0.1) is 18.5 Å². The first-order valence-electron chi connectivity index (χ1n) is 5.56. The molecule has 1 aromatic heterocycles. The van der Waals surface area contributed by atoms with Crippen molar-refractivity contribution in [1.29, 1.82) is 0 Å². The van der Waals surface area contributed by atoms with E-state index >= 15 is 0 Å². The average Bonchev–Trinajstić information content (AvgIpc) is 2.37. The number of ether oxygens (including phenoxy) is 1. The Morgan fingerprint density at radius 3 is 2.75 bits per heavy atom. The number of aromatic nitrogens is 1. The lowest BCUT2D eigenvalue weighted by Gasteiger charge is -2.09. The van der Waals surface area contributed by atoms with Crippen molar-refractivity contribution in [2.45, 2.75) is 11.3 Å². The standard InChI is InChI=1S/C12H10ClNO5S/c13-20(17,18)10-4-3-9(19-7-5-11(15)16)8-2-1-6-14-12(8)10/h1-4,6H,5,7H2,(H,15,16). The monoisotopic (exact) mass is 315 g/mol. The minimum absolute atomic E-state index is 0.0215. The molecule has 106 valence electrons. The minimum Gasteiger partial charge on any atom is -0.492 e. The Morgan fingerprint density at radius 2 is 2.10 bits per heavy atom. The van der Waals surface area contributed by atoms with Crippen molar-refractivity contribution in [2.75, 3.05) is 6.61 Å². The van der Waals surface area contributed by atoms with E-state index in [1.54, 1.807) is 12.1 Å². The molecule has 0 aliphatic rings. The van der Waals surface area contributed by atoms with Gasteiger partial charge in [0.1, 0.15) is 10.6 Å². The van der Waals surface area contributed by atoms with Crippen LogP contribution in [0.2, 0.25) is 0 Å². The molecule has 0 aliphatic carbocycles. The first-order valence-corrected chi connectivity index (χ1v) is 7.87. The number of benzene rings is 1. The number of nitrogens with zero attached hydrogens (tertiary/aromatic N) is 1. The highest BCUT2D eigenvalue weighted by Gasteiger charge is 2.17. The summed E-state index contributed by atoms with van der Waals surface area (Å²) in [6.07, 6.45) is 1.28. The first-order chi connectivity index (χ1) is 9.39. The van der Waals surface area contributed by atoms with Crippen LogP contribution in [0.1, 0.15) is 6.42 Å². The van der Waals surface area contributed by atoms with E-state index in [1.165, 1.54) is 18.3 Å². The fourth-order valence-corrected chi connectivity index (χ4v) is 2.69. The number of pyridine rings is 1. The number of hydrogen-bond donors (Lipinski definition) is 1. The van der Waals surface area contributed by atoms with Gasteiger partial charge in [-0.15, -0.1) is 0 Å². The van der Waals surface area contributed by atoms with Crippen LogP contribution in [0, 0.1) is 0 Å². The zero-order valence-electron chi connectivity index (χ0n) is 10.1. The topological polar surface area (TPSA) is 93.6 Å². The van der Waals surface area contributed by atoms with Crippen molar-refractivity contribution in [3.05, 3.63) is 30.5 Å². The number of carboxylic acids is 1. The van der Waals surface area contributed by atoms with Crippen molar-refractivity contribution in [3.63, 3.8) is 0 Å². The zero-order valence-corrected chi connectivity index (χ0v) is 11.7. The number of carbonyl (C=O) groups is 1. The highest BCUT2D eigenvalue weighted by molar-refractivity contribution is 8.14. The summed E-state index contributed by atoms with van der Waals surface area (Å²) in [5.41, 5.74) is 0.190. The fraction of sp³-hybridized carbons (Fsp3) is 0.167. The predicted octanol–water partition coefficient (Wildman–Crippen LogP) is 2.02. The summed E-state index contributed by atoms with van der Waals surface area (Å²) in [6, 6.07) is 5.97. The molecule has 1 N–H and O–H groups in total. The van der Waals surface area contributed by atoms with Crippen LogP contribution in [0.15, 0.2) is 35.4 Å². The largest absolute Gasteiger partial charge is 0.492 e. The quantitative estimate of drug-likeness (QED) is 0.848. The highest BCUT2D eigenvalue weighted by Crippen LogP contribution is 2.31. The summed E-state index contributed by atoms with van der Waals surface area (Å²) < 4.78 is 28.3. The Bertz CT molecular complexity index is 760. The molecule has 2 rings (SSSR count). The molecule has 0 saturated heterocycles. The Hall–Kier alpha value is -1.86. The summed E-state index contributed by atoms with van der Waals surface area (Å²) in [7, 11) is 1.43. The van der Waals surface area contributed by atoms with Gasteiger partial charge in [-0.25, -0.2) is 8.42 Å². The molecule has 0 fully saturated rings. The number of carboxylic acid groups (broad SMARTS) is 1. The van der Waals surface area contributed by atoms with Gasteiger partial charge in [-0.05, 0) is 24.3 Å². The molecular formula is C12H10ClNO5S. The minimum atomic E-state index is -3.92. The Kier molecular flexibility index (Phi) is 4.10. The first kappa shape index (κ1) is 14.5. The summed E-state index contributed by atoms with van der Waals surface area (Å²) in [4.78, 5) is 14.3. The molecule has 0 bridgehead atoms. The predicted molar refractivity (Wildman–Crippen MR) is 72.5 cm³/mol. The van der Waals surface area contributed by atoms with Gasteiger partial charge < -0.3 is 9.84 Å². The second-order valence-corrected chi connectivity index (χ2v) is 6.43. The molecule has 8 heteroatoms. The van der Waals surface area contributed by atoms with Crippen molar-refractivity contribution in [1.82, 2.24) is 4.98 Å². The summed E-state index contributed by atoms with van der Waals surface area (Å²) in [5, 5.41) is 9.02. The molecule has 0 spiro atoms. The lowest BCUT2D eigenvalue weighted by Crippen LogP contribution is -2.05. The van der Waals surface area contributed by atoms with Gasteiger partial charge in [-0.3, -0.25) is 9.78 Å². The maximum atomic E-state index is 11.5. The van der Waals surface area contributed by atoms with Crippen molar-refractivity contribution >= 4 is 36.6 Å². The second-order valence-electron chi connectivity index (χ2n) is 3.89. The number of aliphatic carboxylic acids is 1. The molecule has 1 aromatic carbocycles. The van der Waals surface area contributed by atoms with Crippen LogP contribution in [0.4, 0.5) is 0 Å². The van der Waals surface area contributed by atoms with E-state index < -0.39 is 15.0 Å². The van der Waals surface area contributed by atoms with Gasteiger partial charge in [0, 0.05) is 22.3 Å². The molecule has 6 nitrogen and oxygen atoms in total. The van der Waals surface area contributed by atoms with Crippen LogP contribution in [-0.4, -0.2) is 31.1 Å². The van der Waals surface area contributed by atoms with E-state index in [1.807, 2.05) is 0 Å². The van der Waals surface area contributed by atoms with E-state index in [9.17, 15) is 13.2 Å². The van der Waals surface area contributed by atoms with Crippen molar-refractivity contribution in [3.8, 4) is 5.75 Å². The van der Waals surface area contributed by atoms with Crippen molar-refractivity contribution in [2.24, 2.45) is 0 Å². The molecule has 0 aliphatic heterocycles. The maximum Gasteiger partial charge on any atom is 0.306 e. The Balaban J connectivity index is 2.46. The smallest absolute Gasteiger partial charge is 0.306 e. The Morgan fingerprint density at radius 1 is 1.35 bits per heavy atom. The van der Waals surface area contributed by atoms with Crippen LogP contribution >= 0.6 is 10.7 Å². The van der Waals surface area contributed by atoms with E-state index in [0.29, 0.717) is 11.1 Å². The van der Waals surface area contributed by atoms with Crippen LogP contribution in [0.3, 0.4) is 0 Å². The molecule has 1 heterocycles. The molecule has 0 radical (unpaired) electrons. The summed E-state index contributed by atoms with van der Waals surface area (Å²) in [6.45, 7) is -0.0215. The third kappa shape index (κ3) is 3.17. The van der Waals surface area contributed by atoms with E-state index in [-0.39, 0.29) is 23.4 Å². The molecular weight excluding hydrogens is 306 g/mol. The van der Waals surface area contributed by atoms with Gasteiger partial charge in [-0.2, -0.15) is 0 Å². The van der Waals surface area contributed by atoms with E-state index in [0.717, 1.165) is 0 Å². The van der Waals surface area contributed by atoms with Crippen molar-refractivity contribution < 1.29 is 23.1 Å². The molecule has 2 aromatic rings. The zero-order chi connectivity index (χ0) is 14.8. The lowest BCUT2D eigenvalue weighted by molar-refractivity contribution is -0.137. The molecule has 0 saturated carbocycles. The highest BCUT2D eigenvalue weighted by atomic mass is 35.7. The van der Waals surface area contributed by atoms with Crippen LogP contribution in [0.25, 0.3) is 10.9 Å². The third-order valence-corrected chi connectivity index (χ3v) is 3.88. The van der Waals surface area contributed by atoms with Gasteiger partial charge in [0.15, 0.2) is 0 Å². The SMILES string of the molecule is O=C(O)CCOc1ccc(S(=O)(=O)Cl)c2ncccc12. The Labute approximate surface area is 119 Å². The summed E-state index contributed by atoms with van der Waals surface area (Å²) >= 11 is 0. The van der Waals surface area contributed by atoms with Crippen LogP contribution in [0.5, 0.6) is 5.75 Å². The summed E-state index contributed by atoms with van der Waals surface area (Å²) in [5.74, 6) is -0.620. The molecule has 0 unspecified atom stereocenters. The number of halogens is 1. The number of hydrogen-bond acceptors (Lipinski definition) is 5. The molecule has 20 heavy (non-hydrogen) atoms. The van der Waals surface area contributed by atoms with Gasteiger partial charge in [0.2, 0.25) is 0 Å². The van der Waals surface area contributed by atoms with E-state index in [2.05, 4.69) is 4.98 Å². The van der Waals surface area contributed by atoms with Crippen LogP contribution in [-0.2, 0) is 13.8 Å². The number of rotatable bonds is 5. The second kappa shape index (κ2) is 5.64. The molecule has 0 amide bonds. The maximum absolute atomic E-state index is 11.5. The average molecular weight is 316 g/mol. The third-order valence-electron chi connectivity index (χ3n) is 2.53. The fourth-order valence-electron chi connectivity index (χ4n) is 1.69. The van der Waals surface area contributed by atoms with E-state index in [4.69, 9.17) is 20.5 Å². The number of fused-ring (bicyclic) bond motifs is 1. The van der Waals surface area contributed by atoms with Gasteiger partial charge in [0.25, 0.3) is 9.05 Å². The van der Waals surface area contributed by atoms with Gasteiger partial charge >= 0.3 is 5.97 Å². The van der Waals surface area contributed by atoms with Crippen LogP contribution < -0.4 is 4.74 Å².